The molecule has 2 aliphatic rings. The highest BCUT2D eigenvalue weighted by Gasteiger charge is 2.23. The molecule has 0 radical (unpaired) electrons. The highest BCUT2D eigenvalue weighted by Crippen LogP contribution is 2.38. The number of thioether (sulfide) groups is 2. The molecule has 2 aliphatic heterocycles. The van der Waals surface area contributed by atoms with Crippen molar-refractivity contribution in [3.8, 4) is 0 Å². The highest BCUT2D eigenvalue weighted by molar-refractivity contribution is 8.00. The van der Waals surface area contributed by atoms with Crippen LogP contribution in [0.25, 0.3) is 0 Å². The van der Waals surface area contributed by atoms with Crippen LogP contribution in [0.1, 0.15) is 30.9 Å². The summed E-state index contributed by atoms with van der Waals surface area (Å²) in [6.45, 7) is 1.18. The van der Waals surface area contributed by atoms with E-state index < -0.39 is 0 Å². The fourth-order valence-corrected chi connectivity index (χ4v) is 5.02. The van der Waals surface area contributed by atoms with E-state index in [1.54, 1.807) is 0 Å². The fourth-order valence-electron chi connectivity index (χ4n) is 2.57. The van der Waals surface area contributed by atoms with E-state index in [9.17, 15) is 0 Å². The van der Waals surface area contributed by atoms with E-state index in [2.05, 4.69) is 41.3 Å². The Kier molecular flexibility index (Phi) is 3.99. The maximum absolute atomic E-state index is 3.77. The molecule has 0 spiro atoms. The Morgan fingerprint density at radius 1 is 1.24 bits per heavy atom. The van der Waals surface area contributed by atoms with Crippen LogP contribution >= 0.6 is 23.5 Å². The van der Waals surface area contributed by atoms with Crippen molar-refractivity contribution >= 4 is 23.5 Å². The van der Waals surface area contributed by atoms with Crippen LogP contribution in [-0.4, -0.2) is 23.3 Å². The molecule has 3 rings (SSSR count). The molecule has 1 aromatic carbocycles. The van der Waals surface area contributed by atoms with Gasteiger partial charge in [-0.15, -0.1) is 11.8 Å². The minimum Gasteiger partial charge on any atom is -0.308 e. The highest BCUT2D eigenvalue weighted by atomic mass is 32.2. The first-order chi connectivity index (χ1) is 8.43. The summed E-state index contributed by atoms with van der Waals surface area (Å²) in [4.78, 5) is 1.47. The van der Waals surface area contributed by atoms with Gasteiger partial charge >= 0.3 is 0 Å². The van der Waals surface area contributed by atoms with Crippen molar-refractivity contribution in [1.82, 2.24) is 5.32 Å². The quantitative estimate of drug-likeness (QED) is 0.895. The van der Waals surface area contributed by atoms with Crippen LogP contribution in [0.3, 0.4) is 0 Å². The van der Waals surface area contributed by atoms with Crippen LogP contribution in [0.4, 0.5) is 0 Å². The Labute approximate surface area is 112 Å². The van der Waals surface area contributed by atoms with E-state index in [0.29, 0.717) is 6.04 Å². The monoisotopic (exact) mass is 265 g/mol. The van der Waals surface area contributed by atoms with E-state index >= 15 is 0 Å². The molecule has 2 heterocycles. The molecule has 1 saturated heterocycles. The van der Waals surface area contributed by atoms with E-state index in [0.717, 1.165) is 5.25 Å². The molecule has 0 aromatic heterocycles. The number of benzene rings is 1. The minimum atomic E-state index is 0.582. The van der Waals surface area contributed by atoms with Gasteiger partial charge in [0.15, 0.2) is 0 Å². The van der Waals surface area contributed by atoms with Crippen LogP contribution in [0, 0.1) is 0 Å². The largest absolute Gasteiger partial charge is 0.308 e. The van der Waals surface area contributed by atoms with Crippen LogP contribution in [0.2, 0.25) is 0 Å². The third kappa shape index (κ3) is 2.83. The van der Waals surface area contributed by atoms with Gasteiger partial charge < -0.3 is 5.32 Å². The smallest absolute Gasteiger partial charge is 0.0426 e. The average Bonchev–Trinajstić information content (AvgIpc) is 2.81. The van der Waals surface area contributed by atoms with Crippen molar-refractivity contribution in [3.05, 3.63) is 29.8 Å². The van der Waals surface area contributed by atoms with Gasteiger partial charge in [0.2, 0.25) is 0 Å². The first kappa shape index (κ1) is 11.9. The normalized spacial score (nSPS) is 28.0. The number of hydrogen-bond donors (Lipinski definition) is 1. The minimum absolute atomic E-state index is 0.582. The van der Waals surface area contributed by atoms with Gasteiger partial charge in [-0.3, -0.25) is 0 Å². The van der Waals surface area contributed by atoms with Gasteiger partial charge in [-0.1, -0.05) is 24.6 Å². The first-order valence-electron chi connectivity index (χ1n) is 6.50. The third-order valence-electron chi connectivity index (χ3n) is 3.57. The predicted octanol–water partition coefficient (Wildman–Crippen LogP) is 3.71. The van der Waals surface area contributed by atoms with Crippen molar-refractivity contribution in [1.29, 1.82) is 0 Å². The van der Waals surface area contributed by atoms with Crippen molar-refractivity contribution < 1.29 is 0 Å². The Morgan fingerprint density at radius 2 is 2.18 bits per heavy atom. The molecule has 92 valence electrons. The Hall–Kier alpha value is -0.120. The van der Waals surface area contributed by atoms with E-state index in [4.69, 9.17) is 0 Å². The molecule has 1 aromatic rings. The summed E-state index contributed by atoms with van der Waals surface area (Å²) in [5.41, 5.74) is 1.51. The second kappa shape index (κ2) is 5.68. The van der Waals surface area contributed by atoms with Crippen molar-refractivity contribution in [3.63, 3.8) is 0 Å². The standard InChI is InChI=1S/C14H19NS2/c1-2-7-14-12(6-1)13(10-17-14)15-9-11-5-3-4-8-16-11/h1-2,6-7,11,13,15H,3-5,8-10H2. The molecular formula is C14H19NS2. The molecule has 3 heteroatoms. The lowest BCUT2D eigenvalue weighted by molar-refractivity contribution is 0.544. The average molecular weight is 265 g/mol. The van der Waals surface area contributed by atoms with E-state index in [1.807, 2.05) is 11.8 Å². The zero-order valence-electron chi connectivity index (χ0n) is 10.0. The van der Waals surface area contributed by atoms with Crippen LogP contribution in [0.15, 0.2) is 29.2 Å². The lowest BCUT2D eigenvalue weighted by Crippen LogP contribution is -2.30. The van der Waals surface area contributed by atoms with Crippen LogP contribution in [0.5, 0.6) is 0 Å². The molecular weight excluding hydrogens is 246 g/mol. The number of nitrogens with one attached hydrogen (secondary N) is 1. The molecule has 2 atom stereocenters. The summed E-state index contributed by atoms with van der Waals surface area (Å²) in [5.74, 6) is 2.57. The Balaban J connectivity index is 1.56. The van der Waals surface area contributed by atoms with Crippen LogP contribution in [-0.2, 0) is 0 Å². The molecule has 17 heavy (non-hydrogen) atoms. The Bertz CT molecular complexity index is 374. The third-order valence-corrected chi connectivity index (χ3v) is 6.15. The summed E-state index contributed by atoms with van der Waals surface area (Å²) >= 11 is 4.15. The first-order valence-corrected chi connectivity index (χ1v) is 8.53. The molecule has 1 nitrogen and oxygen atoms in total. The van der Waals surface area contributed by atoms with Gasteiger partial charge in [0.25, 0.3) is 0 Å². The molecule has 0 saturated carbocycles. The van der Waals surface area contributed by atoms with E-state index in [1.165, 1.54) is 47.8 Å². The van der Waals surface area contributed by atoms with Crippen molar-refractivity contribution in [2.45, 2.75) is 35.4 Å². The predicted molar refractivity (Wildman–Crippen MR) is 78.0 cm³/mol. The summed E-state index contributed by atoms with van der Waals surface area (Å²) in [6.07, 6.45) is 4.25. The zero-order chi connectivity index (χ0) is 11.5. The molecule has 0 amide bonds. The van der Waals surface area contributed by atoms with Gasteiger partial charge in [-0.25, -0.2) is 0 Å². The van der Waals surface area contributed by atoms with Crippen molar-refractivity contribution in [2.24, 2.45) is 0 Å². The summed E-state index contributed by atoms with van der Waals surface area (Å²) in [5, 5.41) is 4.61. The van der Waals surface area contributed by atoms with Gasteiger partial charge in [0, 0.05) is 28.5 Å². The second-order valence-electron chi connectivity index (χ2n) is 4.80. The lowest BCUT2D eigenvalue weighted by atomic mass is 10.1. The van der Waals surface area contributed by atoms with E-state index in [-0.39, 0.29) is 0 Å². The number of hydrogen-bond acceptors (Lipinski definition) is 3. The van der Waals surface area contributed by atoms with Crippen LogP contribution < -0.4 is 5.32 Å². The maximum atomic E-state index is 3.77. The molecule has 0 aliphatic carbocycles. The SMILES string of the molecule is c1ccc2c(c1)SCC2NCC1CCCCS1. The van der Waals surface area contributed by atoms with Gasteiger partial charge in [-0.2, -0.15) is 11.8 Å². The zero-order valence-corrected chi connectivity index (χ0v) is 11.7. The van der Waals surface area contributed by atoms with Gasteiger partial charge in [0.1, 0.15) is 0 Å². The molecule has 1 N–H and O–H groups in total. The van der Waals surface area contributed by atoms with Gasteiger partial charge in [0.05, 0.1) is 0 Å². The topological polar surface area (TPSA) is 12.0 Å². The Morgan fingerprint density at radius 3 is 3.06 bits per heavy atom. The lowest BCUT2D eigenvalue weighted by Gasteiger charge is -2.23. The summed E-state index contributed by atoms with van der Waals surface area (Å²) in [7, 11) is 0. The second-order valence-corrected chi connectivity index (χ2v) is 7.27. The van der Waals surface area contributed by atoms with Crippen molar-refractivity contribution in [2.75, 3.05) is 18.1 Å². The molecule has 1 fully saturated rings. The number of fused-ring (bicyclic) bond motifs is 1. The molecule has 0 bridgehead atoms. The summed E-state index contributed by atoms with van der Waals surface area (Å²) < 4.78 is 0. The van der Waals surface area contributed by atoms with Gasteiger partial charge in [-0.05, 0) is 30.2 Å². The fraction of sp³-hybridized carbons (Fsp3) is 0.571. The number of rotatable bonds is 3. The summed E-state index contributed by atoms with van der Waals surface area (Å²) in [6, 6.07) is 9.41. The maximum Gasteiger partial charge on any atom is 0.0426 e. The molecule has 2 unspecified atom stereocenters.